The summed E-state index contributed by atoms with van der Waals surface area (Å²) >= 11 is 0. The summed E-state index contributed by atoms with van der Waals surface area (Å²) in [5.41, 5.74) is 18.7. The highest BCUT2D eigenvalue weighted by molar-refractivity contribution is 5.87. The molecule has 0 saturated carbocycles. The van der Waals surface area contributed by atoms with Gasteiger partial charge in [0.1, 0.15) is 0 Å². The average molecular weight is 667 g/mol. The Morgan fingerprint density at radius 2 is 0.898 bits per heavy atom. The molecule has 2 rings (SSSR count). The fourth-order valence-corrected chi connectivity index (χ4v) is 7.18. The number of hydrogen-bond acceptors (Lipinski definition) is 0. The summed E-state index contributed by atoms with van der Waals surface area (Å²) < 4.78 is 0. The zero-order valence-corrected chi connectivity index (χ0v) is 32.6. The van der Waals surface area contributed by atoms with Crippen LogP contribution < -0.4 is 0 Å². The molecule has 0 bridgehead atoms. The van der Waals surface area contributed by atoms with E-state index in [9.17, 15) is 5.53 Å². The van der Waals surface area contributed by atoms with Gasteiger partial charge in [0.25, 0.3) is 0 Å². The second-order valence-electron chi connectivity index (χ2n) is 14.7. The van der Waals surface area contributed by atoms with Gasteiger partial charge in [-0.2, -0.15) is 0 Å². The second kappa shape index (κ2) is 29.1. The topological polar surface area (TPSA) is 36.4 Å². The van der Waals surface area contributed by atoms with Gasteiger partial charge in [-0.3, -0.25) is 0 Å². The van der Waals surface area contributed by atoms with Crippen molar-refractivity contribution in [2.24, 2.45) is 0 Å². The van der Waals surface area contributed by atoms with Crippen molar-refractivity contribution in [1.82, 2.24) is 0 Å². The lowest BCUT2D eigenvalue weighted by Crippen LogP contribution is -2.02. The Labute approximate surface area is 303 Å². The molecule has 49 heavy (non-hydrogen) atoms. The summed E-state index contributed by atoms with van der Waals surface area (Å²) in [6, 6.07) is 18.5. The highest BCUT2D eigenvalue weighted by Gasteiger charge is 2.18. The number of aryl methyl sites for hydroxylation is 2. The van der Waals surface area contributed by atoms with Gasteiger partial charge in [-0.1, -0.05) is 198 Å². The van der Waals surface area contributed by atoms with Crippen LogP contribution in [0.3, 0.4) is 0 Å². The summed E-state index contributed by atoms with van der Waals surface area (Å²) in [7, 11) is 0. The fourth-order valence-electron chi connectivity index (χ4n) is 7.18. The molecule has 0 N–H and O–H groups in total. The van der Waals surface area contributed by atoms with Crippen LogP contribution in [0.5, 0.6) is 0 Å². The van der Waals surface area contributed by atoms with E-state index in [4.69, 9.17) is 0 Å². The quantitative estimate of drug-likeness (QED) is 0.0262. The third kappa shape index (κ3) is 18.8. The Balaban J connectivity index is 2.00. The van der Waals surface area contributed by atoms with Crippen molar-refractivity contribution in [2.45, 2.75) is 201 Å². The van der Waals surface area contributed by atoms with Crippen LogP contribution in [-0.4, -0.2) is 10.7 Å². The molecule has 0 atom stereocenters. The van der Waals surface area contributed by atoms with E-state index in [1.807, 2.05) is 0 Å². The van der Waals surface area contributed by atoms with E-state index in [1.165, 1.54) is 155 Å². The van der Waals surface area contributed by atoms with Crippen LogP contribution in [0, 0.1) is 0 Å². The lowest BCUT2D eigenvalue weighted by atomic mass is 9.84. The van der Waals surface area contributed by atoms with E-state index in [1.54, 1.807) is 0 Å². The molecule has 0 aromatic heterocycles. The standard InChI is InChI=1S/C47H74N2/c1-5-9-13-14-15-16-17-18-19-20-21-22-23-24-25-26-27-31-42-33-29-36-44(39-42)47(43-35-28-32-41(38-43)30-10-6-2)46(37-12-8-4)45(40-49-48)34-11-7-3/h28-29,32-33,35-36,38-39H,5-27,30-31,34,37H2,1-4H3. The molecule has 0 unspecified atom stereocenters. The SMILES string of the molecule is CCCCCCCCCCCCCCCCCCCc1cccc(C(=C(CCCC)C(=C=[N+]=[N-])CCCC)c2cccc(CCCC)c2)c1. The number of rotatable bonds is 30. The first-order valence-corrected chi connectivity index (χ1v) is 21.1. The van der Waals surface area contributed by atoms with E-state index in [2.05, 4.69) is 86.9 Å². The van der Waals surface area contributed by atoms with Crippen molar-refractivity contribution in [3.05, 3.63) is 87.5 Å². The highest BCUT2D eigenvalue weighted by atomic mass is 14.8. The lowest BCUT2D eigenvalue weighted by Gasteiger charge is -2.19. The summed E-state index contributed by atoms with van der Waals surface area (Å²) in [4.78, 5) is 3.45. The van der Waals surface area contributed by atoms with E-state index in [0.717, 1.165) is 56.9 Å². The molecule has 2 aromatic carbocycles. The Morgan fingerprint density at radius 1 is 0.490 bits per heavy atom. The zero-order chi connectivity index (χ0) is 35.2. The Hall–Kier alpha value is -2.66. The van der Waals surface area contributed by atoms with Crippen molar-refractivity contribution in [1.29, 1.82) is 0 Å². The van der Waals surface area contributed by atoms with Crippen molar-refractivity contribution >= 4 is 11.4 Å². The molecule has 2 aromatic rings. The van der Waals surface area contributed by atoms with Gasteiger partial charge in [-0.05, 0) is 84.8 Å². The monoisotopic (exact) mass is 667 g/mol. The second-order valence-corrected chi connectivity index (χ2v) is 14.7. The first kappa shape index (κ1) is 42.5. The normalized spacial score (nSPS) is 11.7. The van der Waals surface area contributed by atoms with Gasteiger partial charge >= 0.3 is 5.87 Å². The minimum Gasteiger partial charge on any atom is -0.348 e. The number of hydrogen-bond donors (Lipinski definition) is 0. The van der Waals surface area contributed by atoms with Crippen LogP contribution in [-0.2, 0) is 12.8 Å². The maximum atomic E-state index is 9.66. The van der Waals surface area contributed by atoms with Gasteiger partial charge in [0.15, 0.2) is 0 Å². The van der Waals surface area contributed by atoms with Gasteiger partial charge < -0.3 is 5.53 Å². The molecule has 0 aliphatic carbocycles. The molecule has 0 spiro atoms. The average Bonchev–Trinajstić information content (AvgIpc) is 3.12. The largest absolute Gasteiger partial charge is 0.348 e. The van der Waals surface area contributed by atoms with E-state index >= 15 is 0 Å². The van der Waals surface area contributed by atoms with Gasteiger partial charge in [0, 0.05) is 0 Å². The van der Waals surface area contributed by atoms with Crippen LogP contribution in [0.4, 0.5) is 0 Å². The zero-order valence-electron chi connectivity index (χ0n) is 32.6. The lowest BCUT2D eigenvalue weighted by molar-refractivity contribution is 0.00739. The Bertz CT molecular complexity index is 1240. The molecule has 0 amide bonds. The van der Waals surface area contributed by atoms with Gasteiger partial charge in [0.05, 0.1) is 5.57 Å². The Morgan fingerprint density at radius 3 is 1.35 bits per heavy atom. The van der Waals surface area contributed by atoms with Gasteiger partial charge in [-0.25, -0.2) is 0 Å². The molecule has 0 radical (unpaired) electrons. The molecule has 0 saturated heterocycles. The van der Waals surface area contributed by atoms with Crippen LogP contribution in [0.2, 0.25) is 0 Å². The predicted octanol–water partition coefficient (Wildman–Crippen LogP) is 15.2. The van der Waals surface area contributed by atoms with E-state index in [-0.39, 0.29) is 0 Å². The number of allylic oxidation sites excluding steroid dienone is 2. The third-order valence-electron chi connectivity index (χ3n) is 10.2. The number of benzene rings is 2. The van der Waals surface area contributed by atoms with E-state index in [0.29, 0.717) is 0 Å². The van der Waals surface area contributed by atoms with Crippen LogP contribution in [0.25, 0.3) is 11.1 Å². The van der Waals surface area contributed by atoms with Crippen molar-refractivity contribution < 1.29 is 4.79 Å². The molecule has 2 nitrogen and oxygen atoms in total. The fraction of sp³-hybridized carbons (Fsp3) is 0.660. The molecule has 2 heteroatoms. The summed E-state index contributed by atoms with van der Waals surface area (Å²) in [6.45, 7) is 9.05. The number of nitrogens with zero attached hydrogens (tertiary/aromatic N) is 2. The van der Waals surface area contributed by atoms with Crippen molar-refractivity contribution in [2.75, 3.05) is 0 Å². The van der Waals surface area contributed by atoms with Crippen LogP contribution in [0.1, 0.15) is 210 Å². The van der Waals surface area contributed by atoms with Gasteiger partial charge in [0.2, 0.25) is 0 Å². The smallest absolute Gasteiger partial charge is 0.303 e. The maximum Gasteiger partial charge on any atom is 0.303 e. The number of unbranched alkanes of at least 4 members (excludes halogenated alkanes) is 19. The predicted molar refractivity (Wildman–Crippen MR) is 217 cm³/mol. The first-order valence-electron chi connectivity index (χ1n) is 21.1. The summed E-state index contributed by atoms with van der Waals surface area (Å²) in [5.74, 6) is 3.04. The molecular weight excluding hydrogens is 593 g/mol. The minimum atomic E-state index is 0.886. The molecule has 0 fully saturated rings. The first-order chi connectivity index (χ1) is 24.2. The molecule has 0 heterocycles. The van der Waals surface area contributed by atoms with E-state index < -0.39 is 0 Å². The van der Waals surface area contributed by atoms with Crippen LogP contribution >= 0.6 is 0 Å². The van der Waals surface area contributed by atoms with Gasteiger partial charge in [-0.15, -0.1) is 4.79 Å². The van der Waals surface area contributed by atoms with Crippen molar-refractivity contribution in [3.8, 4) is 0 Å². The third-order valence-corrected chi connectivity index (χ3v) is 10.2. The van der Waals surface area contributed by atoms with Crippen LogP contribution in [0.15, 0.2) is 59.7 Å². The molecule has 272 valence electrons. The van der Waals surface area contributed by atoms with Crippen molar-refractivity contribution in [3.63, 3.8) is 0 Å². The summed E-state index contributed by atoms with van der Waals surface area (Å²) in [5, 5.41) is 0. The molecule has 0 aliphatic rings. The molecular formula is C47H74N2. The maximum absolute atomic E-state index is 9.66. The highest BCUT2D eigenvalue weighted by Crippen LogP contribution is 2.35. The summed E-state index contributed by atoms with van der Waals surface area (Å²) in [6.07, 6.45) is 34.9. The molecule has 0 aliphatic heterocycles. The minimum absolute atomic E-state index is 0.886. The Kier molecular flexibility index (Phi) is 25.2.